The molecule has 23 heavy (non-hydrogen) atoms. The molecule has 0 spiro atoms. The van der Waals surface area contributed by atoms with Crippen LogP contribution >= 0.6 is 11.3 Å². The van der Waals surface area contributed by atoms with Crippen LogP contribution in [0.4, 0.5) is 0 Å². The van der Waals surface area contributed by atoms with Crippen LogP contribution in [0.5, 0.6) is 0 Å². The molecule has 0 aliphatic rings. The first-order chi connectivity index (χ1) is 11.3. The first-order valence-corrected chi connectivity index (χ1v) is 7.87. The fraction of sp³-hybridized carbons (Fsp3) is 0.176. The Morgan fingerprint density at radius 3 is 2.96 bits per heavy atom. The van der Waals surface area contributed by atoms with Gasteiger partial charge in [-0.1, -0.05) is 18.2 Å². The van der Waals surface area contributed by atoms with Gasteiger partial charge >= 0.3 is 5.97 Å². The molecule has 2 aromatic heterocycles. The lowest BCUT2D eigenvalue weighted by Crippen LogP contribution is -2.06. The Labute approximate surface area is 137 Å². The second-order valence-corrected chi connectivity index (χ2v) is 5.78. The van der Waals surface area contributed by atoms with E-state index in [1.165, 1.54) is 6.26 Å². The van der Waals surface area contributed by atoms with Gasteiger partial charge in [0, 0.05) is 7.11 Å². The van der Waals surface area contributed by atoms with Crippen LogP contribution in [0.3, 0.4) is 0 Å². The molecule has 0 radical (unpaired) electrons. The summed E-state index contributed by atoms with van der Waals surface area (Å²) in [5.74, 6) is 0.136. The van der Waals surface area contributed by atoms with E-state index in [1.807, 2.05) is 23.6 Å². The van der Waals surface area contributed by atoms with E-state index in [0.717, 1.165) is 10.4 Å². The van der Waals surface area contributed by atoms with Gasteiger partial charge in [-0.2, -0.15) is 0 Å². The SMILES string of the molecule is COCc1cccc(C(=O)OCc2coc(-c3cccs3)n2)c1. The summed E-state index contributed by atoms with van der Waals surface area (Å²) < 4.78 is 15.7. The molecule has 0 aliphatic carbocycles. The second-order valence-electron chi connectivity index (χ2n) is 4.83. The fourth-order valence-electron chi connectivity index (χ4n) is 2.06. The lowest BCUT2D eigenvalue weighted by Gasteiger charge is -2.05. The molecule has 2 heterocycles. The van der Waals surface area contributed by atoms with E-state index in [1.54, 1.807) is 36.6 Å². The average Bonchev–Trinajstić information content (AvgIpc) is 3.24. The summed E-state index contributed by atoms with van der Waals surface area (Å²) in [5.41, 5.74) is 1.99. The number of methoxy groups -OCH3 is 1. The molecule has 118 valence electrons. The Balaban J connectivity index is 1.62. The van der Waals surface area contributed by atoms with E-state index in [0.29, 0.717) is 23.8 Å². The van der Waals surface area contributed by atoms with Crippen LogP contribution in [0, 0.1) is 0 Å². The minimum Gasteiger partial charge on any atom is -0.455 e. The standard InChI is InChI=1S/C17H15NO4S/c1-20-9-12-4-2-5-13(8-12)17(19)22-11-14-10-21-16(18-14)15-6-3-7-23-15/h2-8,10H,9,11H2,1H3. The third kappa shape index (κ3) is 3.85. The van der Waals surface area contributed by atoms with Gasteiger partial charge in [-0.15, -0.1) is 11.3 Å². The summed E-state index contributed by atoms with van der Waals surface area (Å²) in [6, 6.07) is 11.0. The van der Waals surface area contributed by atoms with Crippen molar-refractivity contribution in [2.75, 3.05) is 7.11 Å². The molecule has 0 aliphatic heterocycles. The van der Waals surface area contributed by atoms with Crippen molar-refractivity contribution in [3.05, 3.63) is 64.9 Å². The highest BCUT2D eigenvalue weighted by Crippen LogP contribution is 2.23. The van der Waals surface area contributed by atoms with Crippen LogP contribution < -0.4 is 0 Å². The number of carbonyl (C=O) groups excluding carboxylic acids is 1. The first kappa shape index (κ1) is 15.5. The Morgan fingerprint density at radius 1 is 1.26 bits per heavy atom. The van der Waals surface area contributed by atoms with Gasteiger partial charge in [-0.05, 0) is 29.1 Å². The molecule has 0 bridgehead atoms. The molecule has 0 saturated carbocycles. The van der Waals surface area contributed by atoms with E-state index in [4.69, 9.17) is 13.9 Å². The minimum absolute atomic E-state index is 0.0716. The molecule has 3 rings (SSSR count). The van der Waals surface area contributed by atoms with Crippen molar-refractivity contribution >= 4 is 17.3 Å². The van der Waals surface area contributed by atoms with Crippen molar-refractivity contribution in [3.8, 4) is 10.8 Å². The van der Waals surface area contributed by atoms with Gasteiger partial charge in [0.25, 0.3) is 0 Å². The molecule has 0 N–H and O–H groups in total. The summed E-state index contributed by atoms with van der Waals surface area (Å²) in [7, 11) is 1.61. The highest BCUT2D eigenvalue weighted by Gasteiger charge is 2.11. The molecule has 3 aromatic rings. The quantitative estimate of drug-likeness (QED) is 0.642. The monoisotopic (exact) mass is 329 g/mol. The molecule has 0 saturated heterocycles. The molecule has 0 atom stereocenters. The number of carbonyl (C=O) groups is 1. The van der Waals surface area contributed by atoms with Crippen molar-refractivity contribution in [1.82, 2.24) is 4.98 Å². The smallest absolute Gasteiger partial charge is 0.338 e. The number of aromatic nitrogens is 1. The second kappa shape index (κ2) is 7.21. The zero-order valence-electron chi connectivity index (χ0n) is 12.5. The number of oxazole rings is 1. The summed E-state index contributed by atoms with van der Waals surface area (Å²) in [6.07, 6.45) is 1.50. The zero-order chi connectivity index (χ0) is 16.1. The number of esters is 1. The van der Waals surface area contributed by atoms with E-state index in [9.17, 15) is 4.79 Å². The normalized spacial score (nSPS) is 10.7. The Bertz CT molecular complexity index is 780. The summed E-state index contributed by atoms with van der Waals surface area (Å²) in [5, 5.41) is 1.95. The largest absolute Gasteiger partial charge is 0.455 e. The topological polar surface area (TPSA) is 61.6 Å². The molecule has 0 amide bonds. The highest BCUT2D eigenvalue weighted by molar-refractivity contribution is 7.13. The fourth-order valence-corrected chi connectivity index (χ4v) is 2.72. The van der Waals surface area contributed by atoms with Crippen LogP contribution in [0.1, 0.15) is 21.6 Å². The minimum atomic E-state index is -0.399. The number of benzene rings is 1. The highest BCUT2D eigenvalue weighted by atomic mass is 32.1. The van der Waals surface area contributed by atoms with Gasteiger partial charge in [0.1, 0.15) is 18.6 Å². The van der Waals surface area contributed by atoms with Crippen molar-refractivity contribution in [2.24, 2.45) is 0 Å². The number of rotatable bonds is 6. The summed E-state index contributed by atoms with van der Waals surface area (Å²) in [6.45, 7) is 0.525. The van der Waals surface area contributed by atoms with Gasteiger partial charge in [-0.3, -0.25) is 0 Å². The van der Waals surface area contributed by atoms with Crippen LogP contribution in [-0.2, 0) is 22.7 Å². The number of ether oxygens (including phenoxy) is 2. The van der Waals surface area contributed by atoms with Crippen LogP contribution in [0.2, 0.25) is 0 Å². The third-order valence-electron chi connectivity index (χ3n) is 3.11. The molecule has 0 unspecified atom stereocenters. The van der Waals surface area contributed by atoms with E-state index in [-0.39, 0.29) is 6.61 Å². The van der Waals surface area contributed by atoms with Gasteiger partial charge in [0.15, 0.2) is 0 Å². The van der Waals surface area contributed by atoms with Crippen LogP contribution in [0.15, 0.2) is 52.5 Å². The molecule has 5 nitrogen and oxygen atoms in total. The maximum atomic E-state index is 12.1. The molecule has 1 aromatic carbocycles. The van der Waals surface area contributed by atoms with Gasteiger partial charge in [0.2, 0.25) is 5.89 Å². The van der Waals surface area contributed by atoms with Crippen molar-refractivity contribution in [3.63, 3.8) is 0 Å². The lowest BCUT2D eigenvalue weighted by atomic mass is 10.1. The number of thiophene rings is 1. The molecular weight excluding hydrogens is 314 g/mol. The zero-order valence-corrected chi connectivity index (χ0v) is 13.3. The maximum Gasteiger partial charge on any atom is 0.338 e. The molecule has 6 heteroatoms. The molecular formula is C17H15NO4S. The van der Waals surface area contributed by atoms with Gasteiger partial charge < -0.3 is 13.9 Å². The lowest BCUT2D eigenvalue weighted by molar-refractivity contribution is 0.0467. The molecule has 0 fully saturated rings. The third-order valence-corrected chi connectivity index (χ3v) is 3.97. The van der Waals surface area contributed by atoms with E-state index in [2.05, 4.69) is 4.98 Å². The Hall–Kier alpha value is -2.44. The average molecular weight is 329 g/mol. The number of nitrogens with zero attached hydrogens (tertiary/aromatic N) is 1. The van der Waals surface area contributed by atoms with Crippen LogP contribution in [0.25, 0.3) is 10.8 Å². The van der Waals surface area contributed by atoms with Crippen molar-refractivity contribution < 1.29 is 18.7 Å². The van der Waals surface area contributed by atoms with Crippen molar-refractivity contribution in [2.45, 2.75) is 13.2 Å². The Kier molecular flexibility index (Phi) is 4.85. The first-order valence-electron chi connectivity index (χ1n) is 6.99. The van der Waals surface area contributed by atoms with E-state index >= 15 is 0 Å². The van der Waals surface area contributed by atoms with Gasteiger partial charge in [0.05, 0.1) is 17.0 Å². The predicted molar refractivity (Wildman–Crippen MR) is 86.1 cm³/mol. The predicted octanol–water partition coefficient (Wildman–Crippen LogP) is 3.91. The number of hydrogen-bond donors (Lipinski definition) is 0. The number of hydrogen-bond acceptors (Lipinski definition) is 6. The van der Waals surface area contributed by atoms with Gasteiger partial charge in [-0.25, -0.2) is 9.78 Å². The van der Waals surface area contributed by atoms with E-state index < -0.39 is 5.97 Å². The Morgan fingerprint density at radius 2 is 2.17 bits per heavy atom. The summed E-state index contributed by atoms with van der Waals surface area (Å²) >= 11 is 1.54. The van der Waals surface area contributed by atoms with Crippen LogP contribution in [-0.4, -0.2) is 18.1 Å². The van der Waals surface area contributed by atoms with Crippen molar-refractivity contribution in [1.29, 1.82) is 0 Å². The maximum absolute atomic E-state index is 12.1. The summed E-state index contributed by atoms with van der Waals surface area (Å²) in [4.78, 5) is 17.3.